The van der Waals surface area contributed by atoms with E-state index in [0.29, 0.717) is 16.4 Å². The first-order valence-electron chi connectivity index (χ1n) is 10.2. The Balaban J connectivity index is 1.37. The number of ether oxygens (including phenoxy) is 1. The van der Waals surface area contributed by atoms with Gasteiger partial charge in [0.1, 0.15) is 11.6 Å². The van der Waals surface area contributed by atoms with Gasteiger partial charge in [-0.15, -0.1) is 11.3 Å². The molecule has 0 aliphatic heterocycles. The molecule has 0 fully saturated rings. The molecule has 0 bridgehead atoms. The zero-order valence-electron chi connectivity index (χ0n) is 17.5. The van der Waals surface area contributed by atoms with Crippen LogP contribution in [0.2, 0.25) is 5.02 Å². The summed E-state index contributed by atoms with van der Waals surface area (Å²) in [5, 5.41) is 3.41. The van der Waals surface area contributed by atoms with Gasteiger partial charge in [0.15, 0.2) is 0 Å². The van der Waals surface area contributed by atoms with E-state index in [4.69, 9.17) is 16.3 Å². The summed E-state index contributed by atoms with van der Waals surface area (Å²) < 4.78 is 6.45. The van der Waals surface area contributed by atoms with Crippen LogP contribution in [0.25, 0.3) is 27.2 Å². The van der Waals surface area contributed by atoms with Crippen molar-refractivity contribution in [3.05, 3.63) is 115 Å². The average molecular weight is 490 g/mol. The predicted octanol–water partition coefficient (Wildman–Crippen LogP) is 4.81. The Labute approximate surface area is 201 Å². The third kappa shape index (κ3) is 4.16. The molecule has 0 spiro atoms. The van der Waals surface area contributed by atoms with Crippen molar-refractivity contribution in [3.63, 3.8) is 0 Å². The largest absolute Gasteiger partial charge is 0.456 e. The fourth-order valence-electron chi connectivity index (χ4n) is 3.51. The lowest BCUT2D eigenvalue weighted by molar-refractivity contribution is 0.0468. The lowest BCUT2D eigenvalue weighted by Crippen LogP contribution is -2.33. The first kappa shape index (κ1) is 21.8. The Hall–Kier alpha value is -4.01. The summed E-state index contributed by atoms with van der Waals surface area (Å²) in [4.78, 5) is 45.2. The molecule has 0 aliphatic rings. The molecule has 168 valence electrons. The number of rotatable bonds is 5. The number of H-pyrrole nitrogens is 1. The Morgan fingerprint density at radius 3 is 2.59 bits per heavy atom. The molecule has 2 heterocycles. The van der Waals surface area contributed by atoms with Crippen LogP contribution >= 0.6 is 22.9 Å². The molecule has 0 saturated carbocycles. The van der Waals surface area contributed by atoms with Gasteiger partial charge < -0.3 is 9.72 Å². The molecule has 0 unspecified atom stereocenters. The molecular formula is C25H16ClN3O4S. The van der Waals surface area contributed by atoms with Crippen LogP contribution < -0.4 is 11.2 Å². The number of hydrogen-bond acceptors (Lipinski definition) is 6. The van der Waals surface area contributed by atoms with Crippen molar-refractivity contribution in [1.82, 2.24) is 14.5 Å². The minimum atomic E-state index is -0.595. The molecule has 34 heavy (non-hydrogen) atoms. The highest BCUT2D eigenvalue weighted by atomic mass is 35.5. The molecule has 9 heteroatoms. The number of nitrogens with zero attached hydrogens (tertiary/aromatic N) is 2. The number of para-hydroxylation sites is 1. The van der Waals surface area contributed by atoms with Gasteiger partial charge in [0.25, 0.3) is 5.56 Å². The molecule has 5 rings (SSSR count). The highest BCUT2D eigenvalue weighted by molar-refractivity contribution is 7.13. The van der Waals surface area contributed by atoms with E-state index in [9.17, 15) is 14.4 Å². The molecule has 0 radical (unpaired) electrons. The van der Waals surface area contributed by atoms with Crippen LogP contribution in [0.5, 0.6) is 0 Å². The van der Waals surface area contributed by atoms with Crippen molar-refractivity contribution in [3.8, 4) is 16.3 Å². The molecule has 7 nitrogen and oxygen atoms in total. The Bertz CT molecular complexity index is 1640. The van der Waals surface area contributed by atoms with Crippen LogP contribution in [0.4, 0.5) is 0 Å². The smallest absolute Gasteiger partial charge is 0.338 e. The van der Waals surface area contributed by atoms with Crippen molar-refractivity contribution in [1.29, 1.82) is 0 Å². The monoisotopic (exact) mass is 489 g/mol. The third-order valence-corrected chi connectivity index (χ3v) is 6.41. The number of halogens is 1. The number of aromatic nitrogens is 3. The molecule has 0 aliphatic carbocycles. The van der Waals surface area contributed by atoms with Crippen molar-refractivity contribution < 1.29 is 9.53 Å². The zero-order valence-corrected chi connectivity index (χ0v) is 19.1. The minimum absolute atomic E-state index is 0.0239. The summed E-state index contributed by atoms with van der Waals surface area (Å²) in [6.45, 7) is -0.0239. The second-order valence-electron chi connectivity index (χ2n) is 7.37. The van der Waals surface area contributed by atoms with E-state index in [2.05, 4.69) is 9.97 Å². The molecule has 0 saturated heterocycles. The van der Waals surface area contributed by atoms with E-state index in [1.807, 2.05) is 18.2 Å². The van der Waals surface area contributed by atoms with Gasteiger partial charge in [-0.05, 0) is 36.4 Å². The van der Waals surface area contributed by atoms with Gasteiger partial charge in [0.05, 0.1) is 32.9 Å². The van der Waals surface area contributed by atoms with Gasteiger partial charge in [-0.2, -0.15) is 0 Å². The standard InChI is InChI=1S/C25H16ClN3O4S/c26-20-9-5-4-8-18(20)22-27-16(14-34-22)13-33-24(31)15-10-11-19-21(12-15)28-25(32)29(23(19)30)17-6-2-1-3-7-17/h1-12,14H,13H2,(H,28,32). The number of thiazole rings is 1. The van der Waals surface area contributed by atoms with E-state index in [1.165, 1.54) is 29.5 Å². The number of hydrogen-bond donors (Lipinski definition) is 1. The molecule has 0 atom stereocenters. The number of aromatic amines is 1. The quantitative estimate of drug-likeness (QED) is 0.357. The van der Waals surface area contributed by atoms with Crippen LogP contribution in [-0.2, 0) is 11.3 Å². The Morgan fingerprint density at radius 1 is 1.03 bits per heavy atom. The number of benzene rings is 3. The molecular weight excluding hydrogens is 474 g/mol. The normalized spacial score (nSPS) is 11.0. The van der Waals surface area contributed by atoms with Crippen molar-refractivity contribution in [2.75, 3.05) is 0 Å². The maximum Gasteiger partial charge on any atom is 0.338 e. The third-order valence-electron chi connectivity index (χ3n) is 5.16. The second kappa shape index (κ2) is 9.09. The number of nitrogens with one attached hydrogen (secondary N) is 1. The van der Waals surface area contributed by atoms with Crippen LogP contribution in [0, 0.1) is 0 Å². The number of fused-ring (bicyclic) bond motifs is 1. The van der Waals surface area contributed by atoms with Crippen molar-refractivity contribution in [2.45, 2.75) is 6.61 Å². The van der Waals surface area contributed by atoms with E-state index in [0.717, 1.165) is 15.1 Å². The molecule has 5 aromatic rings. The minimum Gasteiger partial charge on any atom is -0.456 e. The van der Waals surface area contributed by atoms with Gasteiger partial charge in [-0.1, -0.05) is 48.0 Å². The zero-order chi connectivity index (χ0) is 23.7. The summed E-state index contributed by atoms with van der Waals surface area (Å²) in [7, 11) is 0. The summed E-state index contributed by atoms with van der Waals surface area (Å²) in [5.74, 6) is -0.595. The summed E-state index contributed by atoms with van der Waals surface area (Å²) in [6, 6.07) is 20.4. The molecule has 2 aromatic heterocycles. The molecule has 0 amide bonds. The highest BCUT2D eigenvalue weighted by Crippen LogP contribution is 2.30. The average Bonchev–Trinajstić information content (AvgIpc) is 3.32. The first-order chi connectivity index (χ1) is 16.5. The SMILES string of the molecule is O=C(OCc1csc(-c2ccccc2Cl)n1)c1ccc2c(=O)n(-c3ccccc3)c(=O)[nH]c2c1. The summed E-state index contributed by atoms with van der Waals surface area (Å²) in [5.41, 5.74) is 1.26. The van der Waals surface area contributed by atoms with Crippen LogP contribution in [0.3, 0.4) is 0 Å². The topological polar surface area (TPSA) is 94.0 Å². The van der Waals surface area contributed by atoms with E-state index >= 15 is 0 Å². The van der Waals surface area contributed by atoms with Gasteiger partial charge in [0.2, 0.25) is 0 Å². The fraction of sp³-hybridized carbons (Fsp3) is 0.0400. The van der Waals surface area contributed by atoms with Gasteiger partial charge in [-0.3, -0.25) is 4.79 Å². The van der Waals surface area contributed by atoms with Crippen molar-refractivity contribution in [2.24, 2.45) is 0 Å². The van der Waals surface area contributed by atoms with E-state index < -0.39 is 17.2 Å². The van der Waals surface area contributed by atoms with Crippen LogP contribution in [-0.4, -0.2) is 20.5 Å². The highest BCUT2D eigenvalue weighted by Gasteiger charge is 2.15. The number of carbonyl (C=O) groups is 1. The lowest BCUT2D eigenvalue weighted by Gasteiger charge is -2.08. The maximum absolute atomic E-state index is 12.9. The van der Waals surface area contributed by atoms with Crippen LogP contribution in [0.15, 0.2) is 87.8 Å². The lowest BCUT2D eigenvalue weighted by atomic mass is 10.1. The molecule has 3 aromatic carbocycles. The summed E-state index contributed by atoms with van der Waals surface area (Å²) in [6.07, 6.45) is 0. The van der Waals surface area contributed by atoms with Gasteiger partial charge in [-0.25, -0.2) is 19.1 Å². The van der Waals surface area contributed by atoms with Gasteiger partial charge in [0, 0.05) is 10.9 Å². The fourth-order valence-corrected chi connectivity index (χ4v) is 4.64. The van der Waals surface area contributed by atoms with Crippen LogP contribution in [0.1, 0.15) is 16.1 Å². The van der Waals surface area contributed by atoms with Crippen molar-refractivity contribution >= 4 is 39.8 Å². The first-order valence-corrected chi connectivity index (χ1v) is 11.5. The van der Waals surface area contributed by atoms with Gasteiger partial charge >= 0.3 is 11.7 Å². The summed E-state index contributed by atoms with van der Waals surface area (Å²) >= 11 is 7.63. The second-order valence-corrected chi connectivity index (χ2v) is 8.63. The van der Waals surface area contributed by atoms with E-state index in [-0.39, 0.29) is 23.1 Å². The molecule has 1 N–H and O–H groups in total. The maximum atomic E-state index is 12.9. The Morgan fingerprint density at radius 2 is 1.79 bits per heavy atom. The van der Waals surface area contributed by atoms with E-state index in [1.54, 1.807) is 41.8 Å². The number of esters is 1. The Kier molecular flexibility index (Phi) is 5.83. The predicted molar refractivity (Wildman–Crippen MR) is 132 cm³/mol. The number of carbonyl (C=O) groups excluding carboxylic acids is 1.